The van der Waals surface area contributed by atoms with Crippen LogP contribution in [-0.2, 0) is 11.2 Å². The number of likely N-dealkylation sites (tertiary alicyclic amines) is 1. The van der Waals surface area contributed by atoms with Crippen molar-refractivity contribution in [2.45, 2.75) is 33.1 Å². The first-order chi connectivity index (χ1) is 12.1. The van der Waals surface area contributed by atoms with Crippen LogP contribution >= 0.6 is 0 Å². The Hall–Kier alpha value is -2.50. The number of hydrogen-bond acceptors (Lipinski definition) is 5. The molecule has 0 spiro atoms. The summed E-state index contributed by atoms with van der Waals surface area (Å²) in [6.07, 6.45) is 4.80. The van der Waals surface area contributed by atoms with Crippen molar-refractivity contribution in [2.75, 3.05) is 18.4 Å². The predicted molar refractivity (Wildman–Crippen MR) is 97.4 cm³/mol. The second-order valence-corrected chi connectivity index (χ2v) is 6.90. The molecule has 1 amide bonds. The molecule has 1 saturated heterocycles. The maximum Gasteiger partial charge on any atom is 0.225 e. The zero-order chi connectivity index (χ0) is 17.6. The van der Waals surface area contributed by atoms with Crippen molar-refractivity contribution < 1.29 is 4.79 Å². The smallest absolute Gasteiger partial charge is 0.225 e. The minimum atomic E-state index is 0.0653. The Morgan fingerprint density at radius 1 is 1.24 bits per heavy atom. The summed E-state index contributed by atoms with van der Waals surface area (Å²) in [7, 11) is 0. The van der Waals surface area contributed by atoms with Gasteiger partial charge in [0.25, 0.3) is 0 Å². The number of piperidine rings is 1. The SMILES string of the molecule is CC(C)C(=O)N1CCC[C@@H](Cc2ccc(Nc3ccccn3)nn2)C1. The zero-order valence-corrected chi connectivity index (χ0v) is 14.9. The number of hydrogen-bond donors (Lipinski definition) is 1. The van der Waals surface area contributed by atoms with E-state index in [-0.39, 0.29) is 11.8 Å². The van der Waals surface area contributed by atoms with Gasteiger partial charge in [-0.15, -0.1) is 5.10 Å². The van der Waals surface area contributed by atoms with Crippen molar-refractivity contribution in [3.8, 4) is 0 Å². The summed E-state index contributed by atoms with van der Waals surface area (Å²) in [6.45, 7) is 5.63. The number of nitrogens with one attached hydrogen (secondary N) is 1. The highest BCUT2D eigenvalue weighted by molar-refractivity contribution is 5.78. The number of aromatic nitrogens is 3. The first-order valence-corrected chi connectivity index (χ1v) is 8.91. The second kappa shape index (κ2) is 8.05. The molecule has 1 aliphatic rings. The van der Waals surface area contributed by atoms with Crippen LogP contribution < -0.4 is 5.32 Å². The molecule has 3 heterocycles. The molecular weight excluding hydrogens is 314 g/mol. The lowest BCUT2D eigenvalue weighted by Crippen LogP contribution is -2.42. The summed E-state index contributed by atoms with van der Waals surface area (Å²) in [4.78, 5) is 18.4. The molecule has 1 aliphatic heterocycles. The summed E-state index contributed by atoms with van der Waals surface area (Å²) in [5.74, 6) is 2.21. The van der Waals surface area contributed by atoms with Crippen molar-refractivity contribution >= 4 is 17.5 Å². The number of rotatable bonds is 5. The molecule has 2 aromatic rings. The summed E-state index contributed by atoms with van der Waals surface area (Å²) in [6, 6.07) is 9.61. The molecule has 0 aromatic carbocycles. The van der Waals surface area contributed by atoms with Gasteiger partial charge in [0.2, 0.25) is 5.91 Å². The Morgan fingerprint density at radius 3 is 2.80 bits per heavy atom. The molecule has 25 heavy (non-hydrogen) atoms. The van der Waals surface area contributed by atoms with Gasteiger partial charge in [0.15, 0.2) is 5.82 Å². The molecule has 132 valence electrons. The van der Waals surface area contributed by atoms with Gasteiger partial charge in [0.05, 0.1) is 5.69 Å². The zero-order valence-electron chi connectivity index (χ0n) is 14.9. The molecule has 1 fully saturated rings. The maximum atomic E-state index is 12.2. The lowest BCUT2D eigenvalue weighted by atomic mass is 9.92. The van der Waals surface area contributed by atoms with E-state index in [9.17, 15) is 4.79 Å². The van der Waals surface area contributed by atoms with Crippen LogP contribution in [0.2, 0.25) is 0 Å². The lowest BCUT2D eigenvalue weighted by molar-refractivity contribution is -0.136. The van der Waals surface area contributed by atoms with Crippen LogP contribution in [0.1, 0.15) is 32.4 Å². The van der Waals surface area contributed by atoms with E-state index in [1.165, 1.54) is 0 Å². The Labute approximate surface area is 148 Å². The third kappa shape index (κ3) is 4.75. The Kier molecular flexibility index (Phi) is 5.58. The van der Waals surface area contributed by atoms with E-state index in [1.807, 2.05) is 49.1 Å². The normalized spacial score (nSPS) is 17.6. The summed E-state index contributed by atoms with van der Waals surface area (Å²) in [5, 5.41) is 11.7. The van der Waals surface area contributed by atoms with E-state index >= 15 is 0 Å². The van der Waals surface area contributed by atoms with Crippen LogP contribution in [0.4, 0.5) is 11.6 Å². The van der Waals surface area contributed by atoms with Crippen LogP contribution in [-0.4, -0.2) is 39.1 Å². The second-order valence-electron chi connectivity index (χ2n) is 6.90. The first-order valence-electron chi connectivity index (χ1n) is 8.91. The minimum Gasteiger partial charge on any atom is -0.342 e. The molecule has 0 aliphatic carbocycles. The highest BCUT2D eigenvalue weighted by Crippen LogP contribution is 2.22. The van der Waals surface area contributed by atoms with Crippen LogP contribution in [0.5, 0.6) is 0 Å². The van der Waals surface area contributed by atoms with Gasteiger partial charge in [-0.3, -0.25) is 4.79 Å². The fourth-order valence-electron chi connectivity index (χ4n) is 3.20. The highest BCUT2D eigenvalue weighted by Gasteiger charge is 2.25. The molecule has 1 N–H and O–H groups in total. The van der Waals surface area contributed by atoms with E-state index in [2.05, 4.69) is 20.5 Å². The van der Waals surface area contributed by atoms with E-state index in [1.54, 1.807) is 6.20 Å². The molecule has 6 heteroatoms. The number of carbonyl (C=O) groups excluding carboxylic acids is 1. The van der Waals surface area contributed by atoms with E-state index in [0.717, 1.165) is 43.9 Å². The number of nitrogens with zero attached hydrogens (tertiary/aromatic N) is 4. The number of pyridine rings is 1. The largest absolute Gasteiger partial charge is 0.342 e. The minimum absolute atomic E-state index is 0.0653. The topological polar surface area (TPSA) is 71.0 Å². The maximum absolute atomic E-state index is 12.2. The molecule has 3 rings (SSSR count). The predicted octanol–water partition coefficient (Wildman–Crippen LogP) is 3.05. The summed E-state index contributed by atoms with van der Waals surface area (Å²) in [5.41, 5.74) is 0.968. The van der Waals surface area contributed by atoms with Gasteiger partial charge in [0.1, 0.15) is 5.82 Å². The molecule has 2 aromatic heterocycles. The number of carbonyl (C=O) groups is 1. The van der Waals surface area contributed by atoms with Gasteiger partial charge in [-0.05, 0) is 49.4 Å². The van der Waals surface area contributed by atoms with Gasteiger partial charge >= 0.3 is 0 Å². The number of amides is 1. The lowest BCUT2D eigenvalue weighted by Gasteiger charge is -2.33. The average molecular weight is 339 g/mol. The third-order valence-corrected chi connectivity index (χ3v) is 4.46. The monoisotopic (exact) mass is 339 g/mol. The summed E-state index contributed by atoms with van der Waals surface area (Å²) < 4.78 is 0. The molecule has 0 unspecified atom stereocenters. The van der Waals surface area contributed by atoms with Gasteiger partial charge < -0.3 is 10.2 Å². The number of anilines is 2. The van der Waals surface area contributed by atoms with Gasteiger partial charge in [-0.25, -0.2) is 4.98 Å². The molecule has 0 saturated carbocycles. The van der Waals surface area contributed by atoms with Gasteiger partial charge in [-0.1, -0.05) is 19.9 Å². The Bertz CT molecular complexity index is 687. The summed E-state index contributed by atoms with van der Waals surface area (Å²) >= 11 is 0. The fraction of sp³-hybridized carbons (Fsp3) is 0.474. The van der Waals surface area contributed by atoms with E-state index in [0.29, 0.717) is 11.7 Å². The van der Waals surface area contributed by atoms with Crippen molar-refractivity contribution in [2.24, 2.45) is 11.8 Å². The Morgan fingerprint density at radius 2 is 2.12 bits per heavy atom. The molecule has 1 atom stereocenters. The molecule has 0 bridgehead atoms. The first kappa shape index (κ1) is 17.3. The van der Waals surface area contributed by atoms with Gasteiger partial charge in [0, 0.05) is 25.2 Å². The molecule has 6 nitrogen and oxygen atoms in total. The highest BCUT2D eigenvalue weighted by atomic mass is 16.2. The third-order valence-electron chi connectivity index (χ3n) is 4.46. The quantitative estimate of drug-likeness (QED) is 0.906. The standard InChI is InChI=1S/C19H25N5O/c1-14(2)19(25)24-11-5-6-15(13-24)12-16-8-9-18(23-22-16)21-17-7-3-4-10-20-17/h3-4,7-10,14-15H,5-6,11-13H2,1-2H3,(H,20,21,23)/t15-/m0/s1. The van der Waals surface area contributed by atoms with Crippen LogP contribution in [0, 0.1) is 11.8 Å². The van der Waals surface area contributed by atoms with Crippen LogP contribution in [0.3, 0.4) is 0 Å². The van der Waals surface area contributed by atoms with E-state index in [4.69, 9.17) is 0 Å². The van der Waals surface area contributed by atoms with Crippen molar-refractivity contribution in [1.82, 2.24) is 20.1 Å². The van der Waals surface area contributed by atoms with Gasteiger partial charge in [-0.2, -0.15) is 5.10 Å². The molecular formula is C19H25N5O. The molecule has 0 radical (unpaired) electrons. The van der Waals surface area contributed by atoms with E-state index < -0.39 is 0 Å². The average Bonchev–Trinajstić information content (AvgIpc) is 2.64. The van der Waals surface area contributed by atoms with Crippen molar-refractivity contribution in [3.63, 3.8) is 0 Å². The Balaban J connectivity index is 1.57. The van der Waals surface area contributed by atoms with Crippen LogP contribution in [0.15, 0.2) is 36.5 Å². The fourth-order valence-corrected chi connectivity index (χ4v) is 3.20. The van der Waals surface area contributed by atoms with Crippen molar-refractivity contribution in [3.05, 3.63) is 42.2 Å². The van der Waals surface area contributed by atoms with Crippen LogP contribution in [0.25, 0.3) is 0 Å². The van der Waals surface area contributed by atoms with Crippen molar-refractivity contribution in [1.29, 1.82) is 0 Å².